The number of imidazole rings is 1. The van der Waals surface area contributed by atoms with E-state index >= 15 is 0 Å². The SMILES string of the molecule is Cn1c(=O)[nH]c(=O)c2c1[nH]c(=S)n2C[C@H](O)COc1ccccc1. The van der Waals surface area contributed by atoms with Crippen LogP contribution < -0.4 is 16.0 Å². The molecule has 3 aromatic rings. The van der Waals surface area contributed by atoms with Gasteiger partial charge in [-0.2, -0.15) is 0 Å². The predicted octanol–water partition coefficient (Wildman–Crippen LogP) is 0.526. The number of rotatable bonds is 5. The maximum atomic E-state index is 12.1. The Morgan fingerprint density at radius 1 is 1.25 bits per heavy atom. The number of para-hydroxylation sites is 1. The molecule has 24 heavy (non-hydrogen) atoms. The Kier molecular flexibility index (Phi) is 4.36. The Balaban J connectivity index is 1.86. The fraction of sp³-hybridized carbons (Fsp3) is 0.267. The third kappa shape index (κ3) is 3.03. The molecule has 0 aliphatic carbocycles. The van der Waals surface area contributed by atoms with Crippen LogP contribution in [0.3, 0.4) is 0 Å². The van der Waals surface area contributed by atoms with Gasteiger partial charge in [0.15, 0.2) is 10.3 Å². The smallest absolute Gasteiger partial charge is 0.329 e. The van der Waals surface area contributed by atoms with Gasteiger partial charge < -0.3 is 19.4 Å². The van der Waals surface area contributed by atoms with E-state index in [0.717, 1.165) is 0 Å². The molecule has 0 unspecified atom stereocenters. The fourth-order valence-electron chi connectivity index (χ4n) is 2.42. The minimum Gasteiger partial charge on any atom is -0.491 e. The second-order valence-electron chi connectivity index (χ2n) is 5.33. The van der Waals surface area contributed by atoms with Crippen LogP contribution in [0, 0.1) is 4.77 Å². The van der Waals surface area contributed by atoms with E-state index in [1.165, 1.54) is 16.2 Å². The van der Waals surface area contributed by atoms with Crippen molar-refractivity contribution in [2.75, 3.05) is 6.61 Å². The van der Waals surface area contributed by atoms with Gasteiger partial charge in [0.1, 0.15) is 24.1 Å². The summed E-state index contributed by atoms with van der Waals surface area (Å²) in [6.07, 6.45) is -0.882. The summed E-state index contributed by atoms with van der Waals surface area (Å²) < 4.78 is 8.46. The van der Waals surface area contributed by atoms with E-state index in [-0.39, 0.29) is 23.4 Å². The number of aromatic amines is 2. The summed E-state index contributed by atoms with van der Waals surface area (Å²) in [4.78, 5) is 28.8. The monoisotopic (exact) mass is 348 g/mol. The molecule has 3 N–H and O–H groups in total. The number of hydrogen-bond donors (Lipinski definition) is 3. The summed E-state index contributed by atoms with van der Waals surface area (Å²) in [6, 6.07) is 9.09. The van der Waals surface area contributed by atoms with Gasteiger partial charge in [-0.05, 0) is 24.4 Å². The van der Waals surface area contributed by atoms with Crippen LogP contribution in [-0.4, -0.2) is 36.9 Å². The molecule has 0 spiro atoms. The minimum absolute atomic E-state index is 0.0438. The van der Waals surface area contributed by atoms with Crippen molar-refractivity contribution in [2.24, 2.45) is 7.05 Å². The van der Waals surface area contributed by atoms with Crippen LogP contribution in [0.2, 0.25) is 0 Å². The molecule has 0 saturated heterocycles. The first-order valence-electron chi connectivity index (χ1n) is 7.25. The lowest BCUT2D eigenvalue weighted by molar-refractivity contribution is 0.0931. The molecule has 0 bridgehead atoms. The molecule has 8 nitrogen and oxygen atoms in total. The lowest BCUT2D eigenvalue weighted by Crippen LogP contribution is -2.30. The molecule has 0 amide bonds. The van der Waals surface area contributed by atoms with Crippen molar-refractivity contribution < 1.29 is 9.84 Å². The van der Waals surface area contributed by atoms with Crippen molar-refractivity contribution in [1.82, 2.24) is 19.1 Å². The van der Waals surface area contributed by atoms with Crippen LogP contribution in [0.1, 0.15) is 0 Å². The van der Waals surface area contributed by atoms with E-state index in [9.17, 15) is 14.7 Å². The molecule has 0 fully saturated rings. The summed E-state index contributed by atoms with van der Waals surface area (Å²) in [5.41, 5.74) is -0.578. The Bertz CT molecular complexity index is 1030. The molecule has 1 atom stereocenters. The lowest BCUT2D eigenvalue weighted by atomic mass is 10.3. The molecule has 126 valence electrons. The van der Waals surface area contributed by atoms with Crippen LogP contribution in [0.5, 0.6) is 5.75 Å². The zero-order chi connectivity index (χ0) is 17.3. The molecular weight excluding hydrogens is 332 g/mol. The molecule has 3 rings (SSSR count). The first-order valence-corrected chi connectivity index (χ1v) is 7.66. The van der Waals surface area contributed by atoms with Crippen molar-refractivity contribution >= 4 is 23.4 Å². The average molecular weight is 348 g/mol. The molecule has 0 aliphatic rings. The van der Waals surface area contributed by atoms with Gasteiger partial charge in [-0.3, -0.25) is 14.3 Å². The van der Waals surface area contributed by atoms with Gasteiger partial charge in [-0.25, -0.2) is 4.79 Å². The van der Waals surface area contributed by atoms with Crippen LogP contribution in [-0.2, 0) is 13.6 Å². The first-order chi connectivity index (χ1) is 11.5. The highest BCUT2D eigenvalue weighted by atomic mass is 32.1. The molecule has 2 heterocycles. The third-order valence-corrected chi connectivity index (χ3v) is 3.94. The molecule has 0 saturated carbocycles. The summed E-state index contributed by atoms with van der Waals surface area (Å²) in [6.45, 7) is 0.106. The van der Waals surface area contributed by atoms with E-state index in [4.69, 9.17) is 17.0 Å². The van der Waals surface area contributed by atoms with Crippen molar-refractivity contribution in [3.8, 4) is 5.75 Å². The Morgan fingerprint density at radius 2 is 1.96 bits per heavy atom. The number of hydrogen-bond acceptors (Lipinski definition) is 5. The number of fused-ring (bicyclic) bond motifs is 1. The Hall–Kier alpha value is -2.65. The maximum absolute atomic E-state index is 12.1. The average Bonchev–Trinajstić information content (AvgIpc) is 2.89. The fourth-order valence-corrected chi connectivity index (χ4v) is 2.68. The van der Waals surface area contributed by atoms with Gasteiger partial charge in [0.05, 0.1) is 6.54 Å². The van der Waals surface area contributed by atoms with Crippen LogP contribution in [0.15, 0.2) is 39.9 Å². The highest BCUT2D eigenvalue weighted by Gasteiger charge is 2.15. The van der Waals surface area contributed by atoms with Crippen LogP contribution in [0.25, 0.3) is 11.2 Å². The minimum atomic E-state index is -0.882. The summed E-state index contributed by atoms with van der Waals surface area (Å²) >= 11 is 5.20. The zero-order valence-corrected chi connectivity index (χ0v) is 13.7. The predicted molar refractivity (Wildman–Crippen MR) is 90.9 cm³/mol. The number of aryl methyl sites for hydroxylation is 1. The van der Waals surface area contributed by atoms with Crippen molar-refractivity contribution in [3.63, 3.8) is 0 Å². The molecular formula is C15H16N4O4S. The highest BCUT2D eigenvalue weighted by molar-refractivity contribution is 7.71. The van der Waals surface area contributed by atoms with E-state index in [2.05, 4.69) is 9.97 Å². The van der Waals surface area contributed by atoms with Gasteiger partial charge in [0.2, 0.25) is 0 Å². The number of ether oxygens (including phenoxy) is 1. The quantitative estimate of drug-likeness (QED) is 0.583. The third-order valence-electron chi connectivity index (χ3n) is 3.62. The molecule has 9 heteroatoms. The number of nitrogens with one attached hydrogen (secondary N) is 2. The van der Waals surface area contributed by atoms with Gasteiger partial charge in [-0.1, -0.05) is 18.2 Å². The van der Waals surface area contributed by atoms with E-state index < -0.39 is 17.4 Å². The molecule has 0 radical (unpaired) electrons. The van der Waals surface area contributed by atoms with E-state index in [1.54, 1.807) is 12.1 Å². The Labute approximate surface area is 141 Å². The van der Waals surface area contributed by atoms with Crippen LogP contribution >= 0.6 is 12.2 Å². The normalized spacial score (nSPS) is 12.4. The second kappa shape index (κ2) is 6.46. The zero-order valence-electron chi connectivity index (χ0n) is 12.9. The number of H-pyrrole nitrogens is 2. The number of aliphatic hydroxyl groups is 1. The van der Waals surface area contributed by atoms with Gasteiger partial charge in [-0.15, -0.1) is 0 Å². The number of benzene rings is 1. The second-order valence-corrected chi connectivity index (χ2v) is 5.72. The number of aromatic nitrogens is 4. The lowest BCUT2D eigenvalue weighted by Gasteiger charge is -2.13. The number of aliphatic hydroxyl groups excluding tert-OH is 1. The van der Waals surface area contributed by atoms with E-state index in [1.807, 2.05) is 18.2 Å². The summed E-state index contributed by atoms with van der Waals surface area (Å²) in [7, 11) is 1.52. The van der Waals surface area contributed by atoms with Crippen molar-refractivity contribution in [2.45, 2.75) is 12.6 Å². The van der Waals surface area contributed by atoms with Crippen molar-refractivity contribution in [3.05, 3.63) is 55.9 Å². The van der Waals surface area contributed by atoms with Gasteiger partial charge >= 0.3 is 5.69 Å². The summed E-state index contributed by atoms with van der Waals surface area (Å²) in [5.74, 6) is 0.638. The Morgan fingerprint density at radius 3 is 2.67 bits per heavy atom. The largest absolute Gasteiger partial charge is 0.491 e. The summed E-state index contributed by atoms with van der Waals surface area (Å²) in [5, 5.41) is 10.2. The van der Waals surface area contributed by atoms with Crippen molar-refractivity contribution in [1.29, 1.82) is 0 Å². The van der Waals surface area contributed by atoms with E-state index in [0.29, 0.717) is 11.4 Å². The first kappa shape index (κ1) is 16.2. The van der Waals surface area contributed by atoms with Crippen LogP contribution in [0.4, 0.5) is 0 Å². The highest BCUT2D eigenvalue weighted by Crippen LogP contribution is 2.11. The van der Waals surface area contributed by atoms with Gasteiger partial charge in [0, 0.05) is 7.05 Å². The molecule has 0 aliphatic heterocycles. The molecule has 2 aromatic heterocycles. The van der Waals surface area contributed by atoms with Gasteiger partial charge in [0.25, 0.3) is 5.56 Å². The maximum Gasteiger partial charge on any atom is 0.329 e. The number of nitrogens with zero attached hydrogens (tertiary/aromatic N) is 2. The standard InChI is InChI=1S/C15H16N4O4S/c1-18-12-11(13(21)17-14(18)22)19(15(24)16-12)7-9(20)8-23-10-5-3-2-4-6-10/h2-6,9,20H,7-8H2,1H3,(H,16,24)(H,17,21,22)/t9-/m0/s1. The topological polar surface area (TPSA) is 105 Å². The molecule has 1 aromatic carbocycles.